The third-order valence-electron chi connectivity index (χ3n) is 5.47. The van der Waals surface area contributed by atoms with Gasteiger partial charge in [0.05, 0.1) is 22.9 Å². The Hall–Kier alpha value is -4.68. The minimum Gasteiger partial charge on any atom is -0.318 e. The predicted molar refractivity (Wildman–Crippen MR) is 135 cm³/mol. The van der Waals surface area contributed by atoms with Crippen molar-refractivity contribution in [3.63, 3.8) is 0 Å². The van der Waals surface area contributed by atoms with Crippen LogP contribution >= 0.6 is 11.3 Å². The number of nitrogens with zero attached hydrogens (tertiary/aromatic N) is 5. The first-order valence-electron chi connectivity index (χ1n) is 10.6. The second kappa shape index (κ2) is 8.93. The normalized spacial score (nSPS) is 10.8. The molecule has 0 saturated heterocycles. The van der Waals surface area contributed by atoms with Gasteiger partial charge in [0.1, 0.15) is 10.3 Å². The number of pyridine rings is 3. The fourth-order valence-corrected chi connectivity index (χ4v) is 4.48. The molecule has 0 aliphatic rings. The highest BCUT2D eigenvalue weighted by Gasteiger charge is 2.17. The van der Waals surface area contributed by atoms with Crippen LogP contribution in [0.25, 0.3) is 32.7 Å². The molecule has 5 rings (SSSR count). The van der Waals surface area contributed by atoms with E-state index >= 15 is 0 Å². The highest BCUT2D eigenvalue weighted by molar-refractivity contribution is 7.22. The van der Waals surface area contributed by atoms with Gasteiger partial charge in [-0.3, -0.25) is 19.9 Å². The number of hydrogen-bond donors (Lipinski definition) is 1. The number of fused-ring (bicyclic) bond motifs is 1. The maximum atomic E-state index is 13.2. The third-order valence-corrected chi connectivity index (χ3v) is 6.35. The number of carbonyl (C=O) groups is 1. The molecular formula is C26H18N6O2S. The molecule has 8 nitrogen and oxygen atoms in total. The SMILES string of the molecule is Cc1cc(-c2ccc(=O)n(C)c2)c(C(=O)Nc2nc3ccc(-c4ccc(C#N)cc4)nc3s2)cn1. The van der Waals surface area contributed by atoms with Gasteiger partial charge in [0, 0.05) is 36.8 Å². The minimum atomic E-state index is -0.354. The first-order valence-corrected chi connectivity index (χ1v) is 11.5. The average molecular weight is 479 g/mol. The van der Waals surface area contributed by atoms with Gasteiger partial charge in [-0.2, -0.15) is 5.26 Å². The molecule has 0 aliphatic carbocycles. The highest BCUT2D eigenvalue weighted by Crippen LogP contribution is 2.29. The lowest BCUT2D eigenvalue weighted by Crippen LogP contribution is -2.16. The number of hydrogen-bond acceptors (Lipinski definition) is 7. The Morgan fingerprint density at radius 3 is 2.57 bits per heavy atom. The molecule has 9 heteroatoms. The predicted octanol–water partition coefficient (Wildman–Crippen LogP) is 4.55. The van der Waals surface area contributed by atoms with Crippen molar-refractivity contribution in [2.45, 2.75) is 6.92 Å². The van der Waals surface area contributed by atoms with Gasteiger partial charge in [-0.15, -0.1) is 0 Å². The Kier molecular flexibility index (Phi) is 5.65. The van der Waals surface area contributed by atoms with E-state index in [2.05, 4.69) is 26.3 Å². The summed E-state index contributed by atoms with van der Waals surface area (Å²) in [7, 11) is 1.67. The molecule has 0 atom stereocenters. The van der Waals surface area contributed by atoms with E-state index in [1.165, 1.54) is 28.2 Å². The van der Waals surface area contributed by atoms with Crippen molar-refractivity contribution >= 4 is 32.7 Å². The molecule has 0 spiro atoms. The number of benzene rings is 1. The van der Waals surface area contributed by atoms with E-state index < -0.39 is 0 Å². The number of rotatable bonds is 4. The summed E-state index contributed by atoms with van der Waals surface area (Å²) in [5, 5.41) is 12.3. The van der Waals surface area contributed by atoms with Crippen LogP contribution in [0.1, 0.15) is 21.6 Å². The molecule has 0 bridgehead atoms. The number of nitriles is 1. The van der Waals surface area contributed by atoms with Crippen LogP contribution in [0.4, 0.5) is 5.13 Å². The van der Waals surface area contributed by atoms with Crippen molar-refractivity contribution in [2.75, 3.05) is 5.32 Å². The average Bonchev–Trinajstić information content (AvgIpc) is 3.27. The largest absolute Gasteiger partial charge is 0.318 e. The molecule has 0 aliphatic heterocycles. The van der Waals surface area contributed by atoms with E-state index in [0.717, 1.165) is 22.5 Å². The number of aryl methyl sites for hydroxylation is 2. The van der Waals surface area contributed by atoms with Crippen molar-refractivity contribution in [3.8, 4) is 28.5 Å². The quantitative estimate of drug-likeness (QED) is 0.405. The molecule has 35 heavy (non-hydrogen) atoms. The van der Waals surface area contributed by atoms with Gasteiger partial charge in [-0.1, -0.05) is 23.5 Å². The Morgan fingerprint density at radius 1 is 1.06 bits per heavy atom. The molecule has 0 radical (unpaired) electrons. The zero-order chi connectivity index (χ0) is 24.5. The smallest absolute Gasteiger partial charge is 0.259 e. The molecule has 0 saturated carbocycles. The molecule has 4 heterocycles. The van der Waals surface area contributed by atoms with Gasteiger partial charge < -0.3 is 4.57 Å². The van der Waals surface area contributed by atoms with E-state index in [-0.39, 0.29) is 11.5 Å². The van der Waals surface area contributed by atoms with Crippen LogP contribution in [-0.4, -0.2) is 25.4 Å². The van der Waals surface area contributed by atoms with Crippen LogP contribution in [0.5, 0.6) is 0 Å². The Labute approximate surface area is 204 Å². The number of thiazole rings is 1. The Bertz CT molecular complexity index is 1700. The van der Waals surface area contributed by atoms with E-state index in [1.54, 1.807) is 31.4 Å². The fraction of sp³-hybridized carbons (Fsp3) is 0.0769. The van der Waals surface area contributed by atoms with Gasteiger partial charge >= 0.3 is 0 Å². The molecule has 1 aromatic carbocycles. The minimum absolute atomic E-state index is 0.132. The number of nitrogens with one attached hydrogen (secondary N) is 1. The fourth-order valence-electron chi connectivity index (χ4n) is 3.64. The van der Waals surface area contributed by atoms with Crippen molar-refractivity contribution in [1.29, 1.82) is 5.26 Å². The van der Waals surface area contributed by atoms with Gasteiger partial charge in [0.15, 0.2) is 5.13 Å². The number of anilines is 1. The van der Waals surface area contributed by atoms with Crippen LogP contribution in [-0.2, 0) is 7.05 Å². The summed E-state index contributed by atoms with van der Waals surface area (Å²) in [6, 6.07) is 18.0. The summed E-state index contributed by atoms with van der Waals surface area (Å²) < 4.78 is 1.47. The number of aromatic nitrogens is 4. The van der Waals surface area contributed by atoms with Gasteiger partial charge in [0.2, 0.25) is 5.56 Å². The first-order chi connectivity index (χ1) is 16.9. The Morgan fingerprint density at radius 2 is 1.83 bits per heavy atom. The Balaban J connectivity index is 1.45. The summed E-state index contributed by atoms with van der Waals surface area (Å²) >= 11 is 1.27. The van der Waals surface area contributed by atoms with Crippen LogP contribution in [0, 0.1) is 18.3 Å². The van der Waals surface area contributed by atoms with Crippen molar-refractivity contribution in [2.24, 2.45) is 7.05 Å². The number of carbonyl (C=O) groups excluding carboxylic acids is 1. The molecule has 5 aromatic rings. The van der Waals surface area contributed by atoms with Crippen LogP contribution in [0.2, 0.25) is 0 Å². The molecule has 1 N–H and O–H groups in total. The van der Waals surface area contributed by atoms with Gasteiger partial charge in [-0.05, 0) is 54.4 Å². The topological polar surface area (TPSA) is 114 Å². The molecular weight excluding hydrogens is 460 g/mol. The molecule has 4 aromatic heterocycles. The van der Waals surface area contributed by atoms with E-state index in [1.807, 2.05) is 37.3 Å². The van der Waals surface area contributed by atoms with Crippen LogP contribution < -0.4 is 10.9 Å². The van der Waals surface area contributed by atoms with Gasteiger partial charge in [-0.25, -0.2) is 9.97 Å². The van der Waals surface area contributed by atoms with E-state index in [0.29, 0.717) is 32.2 Å². The summed E-state index contributed by atoms with van der Waals surface area (Å²) in [5.41, 5.74) is 5.30. The third kappa shape index (κ3) is 4.43. The van der Waals surface area contributed by atoms with Crippen LogP contribution in [0.15, 0.2) is 71.8 Å². The summed E-state index contributed by atoms with van der Waals surface area (Å²) in [5.74, 6) is -0.354. The lowest BCUT2D eigenvalue weighted by atomic mass is 10.0. The maximum absolute atomic E-state index is 13.2. The zero-order valence-corrected chi connectivity index (χ0v) is 19.6. The lowest BCUT2D eigenvalue weighted by molar-refractivity contribution is 0.102. The molecule has 0 fully saturated rings. The molecule has 1 amide bonds. The highest BCUT2D eigenvalue weighted by atomic mass is 32.1. The van der Waals surface area contributed by atoms with Crippen LogP contribution in [0.3, 0.4) is 0 Å². The first kappa shape index (κ1) is 22.1. The standard InChI is InChI=1S/C26H18N6O2S/c1-15-11-19(18-7-10-23(33)32(2)14-18)20(13-28-15)24(34)31-26-30-22-9-8-21(29-25(22)35-26)17-5-3-16(12-27)4-6-17/h3-11,13-14H,1-2H3,(H,30,31,34). The lowest BCUT2D eigenvalue weighted by Gasteiger charge is -2.11. The van der Waals surface area contributed by atoms with Crippen molar-refractivity contribution in [3.05, 3.63) is 94.2 Å². The molecule has 170 valence electrons. The van der Waals surface area contributed by atoms with E-state index in [9.17, 15) is 9.59 Å². The summed E-state index contributed by atoms with van der Waals surface area (Å²) in [4.78, 5) is 39.1. The van der Waals surface area contributed by atoms with Crippen molar-refractivity contribution < 1.29 is 4.79 Å². The second-order valence-electron chi connectivity index (χ2n) is 7.92. The van der Waals surface area contributed by atoms with Gasteiger partial charge in [0.25, 0.3) is 5.91 Å². The van der Waals surface area contributed by atoms with E-state index in [4.69, 9.17) is 5.26 Å². The maximum Gasteiger partial charge on any atom is 0.259 e. The number of amides is 1. The zero-order valence-electron chi connectivity index (χ0n) is 18.8. The summed E-state index contributed by atoms with van der Waals surface area (Å²) in [6.07, 6.45) is 3.22. The summed E-state index contributed by atoms with van der Waals surface area (Å²) in [6.45, 7) is 1.85. The monoisotopic (exact) mass is 478 g/mol. The second-order valence-corrected chi connectivity index (χ2v) is 8.90. The molecule has 0 unspecified atom stereocenters. The van der Waals surface area contributed by atoms with Crippen molar-refractivity contribution in [1.82, 2.24) is 19.5 Å².